The molecule has 0 unspecified atom stereocenters. The Kier molecular flexibility index (Phi) is 9.79. The number of carbonyl (C=O) groups is 2. The lowest BCUT2D eigenvalue weighted by Crippen LogP contribution is -2.32. The Morgan fingerprint density at radius 1 is 1.07 bits per heavy atom. The third-order valence-electron chi connectivity index (χ3n) is 6.32. The van der Waals surface area contributed by atoms with Crippen LogP contribution in [0.3, 0.4) is 0 Å². The third-order valence-corrected chi connectivity index (χ3v) is 8.58. The molecule has 13 heteroatoms. The number of nitrogens with zero attached hydrogens (tertiary/aromatic N) is 2. The van der Waals surface area contributed by atoms with E-state index in [9.17, 15) is 23.2 Å². The Morgan fingerprint density at radius 3 is 2.35 bits per heavy atom. The fourth-order valence-corrected chi connectivity index (χ4v) is 6.06. The normalized spacial score (nSPS) is 14.9. The molecule has 2 N–H and O–H groups in total. The summed E-state index contributed by atoms with van der Waals surface area (Å²) in [4.78, 5) is 41.1. The molecule has 2 amide bonds. The minimum absolute atomic E-state index is 0.0240. The van der Waals surface area contributed by atoms with Gasteiger partial charge < -0.3 is 15.2 Å². The van der Waals surface area contributed by atoms with E-state index in [0.717, 1.165) is 62.5 Å². The predicted molar refractivity (Wildman–Crippen MR) is 154 cm³/mol. The summed E-state index contributed by atoms with van der Waals surface area (Å²) >= 11 is 17.7. The molecule has 3 heterocycles. The number of aromatic nitrogens is 1. The van der Waals surface area contributed by atoms with Crippen molar-refractivity contribution >= 4 is 64.6 Å². The number of hydrogen-bond acceptors (Lipinski definition) is 5. The molecule has 1 fully saturated rings. The fourth-order valence-electron chi connectivity index (χ4n) is 4.35. The standard InChI is InChI=1S/C14H19N3O.C13H6Cl3F2NO2S/c1-16-9-11-4-5-13(8-12(11)10-16)15-14(18)17-6-2-3-7-17;14-7-2-1-3-8(15)11(7)22-9-4-10(13(16,17)18)19-12(21)6(9)5-20/h4-5,8H,2-3,6-7,9-10H2,1H3,(H,15,18);1-5H,(H,19,21). The summed E-state index contributed by atoms with van der Waals surface area (Å²) in [5.41, 5.74) is 1.51. The summed E-state index contributed by atoms with van der Waals surface area (Å²) in [5.74, 6) is 0. The van der Waals surface area contributed by atoms with Crippen molar-refractivity contribution < 1.29 is 18.4 Å². The number of fused-ring (bicyclic) bond motifs is 1. The van der Waals surface area contributed by atoms with Gasteiger partial charge in [-0.15, -0.1) is 0 Å². The van der Waals surface area contributed by atoms with Gasteiger partial charge in [-0.2, -0.15) is 8.78 Å². The molecule has 0 radical (unpaired) electrons. The predicted octanol–water partition coefficient (Wildman–Crippen LogP) is 7.19. The monoisotopic (exact) mass is 628 g/mol. The molecule has 2 aliphatic rings. The number of aldehydes is 1. The first-order valence-corrected chi connectivity index (χ1v) is 14.2. The zero-order chi connectivity index (χ0) is 29.0. The lowest BCUT2D eigenvalue weighted by molar-refractivity contribution is 0.0891. The zero-order valence-electron chi connectivity index (χ0n) is 21.3. The van der Waals surface area contributed by atoms with Crippen molar-refractivity contribution in [2.45, 2.75) is 41.1 Å². The number of alkyl halides is 3. The number of amides is 2. The molecule has 0 bridgehead atoms. The molecule has 2 aliphatic heterocycles. The van der Waals surface area contributed by atoms with E-state index in [-0.39, 0.29) is 32.8 Å². The highest BCUT2D eigenvalue weighted by atomic mass is 35.5. The highest BCUT2D eigenvalue weighted by Crippen LogP contribution is 2.40. The summed E-state index contributed by atoms with van der Waals surface area (Å²) in [5, 5.41) is -0.264. The number of pyridine rings is 1. The third kappa shape index (κ3) is 7.36. The van der Waals surface area contributed by atoms with E-state index < -0.39 is 16.6 Å². The first-order valence-electron chi connectivity index (χ1n) is 12.2. The van der Waals surface area contributed by atoms with Gasteiger partial charge in [-0.1, -0.05) is 47.1 Å². The second-order valence-electron chi connectivity index (χ2n) is 9.34. The van der Waals surface area contributed by atoms with Gasteiger partial charge in [-0.3, -0.25) is 14.5 Å². The molecular weight excluding hydrogens is 605 g/mol. The van der Waals surface area contributed by atoms with Crippen molar-refractivity contribution in [1.82, 2.24) is 14.8 Å². The number of halogens is 5. The number of aromatic amines is 1. The van der Waals surface area contributed by atoms with Gasteiger partial charge in [0.15, 0.2) is 6.29 Å². The average molecular weight is 630 g/mol. The minimum Gasteiger partial charge on any atom is -0.325 e. The number of hydrogen-bond donors (Lipinski definition) is 2. The van der Waals surface area contributed by atoms with Crippen molar-refractivity contribution in [3.8, 4) is 0 Å². The van der Waals surface area contributed by atoms with Crippen LogP contribution in [0, 0.1) is 0 Å². The summed E-state index contributed by atoms with van der Waals surface area (Å²) in [7, 11) is 2.11. The Balaban J connectivity index is 0.000000188. The van der Waals surface area contributed by atoms with Crippen LogP contribution >= 0.6 is 46.6 Å². The van der Waals surface area contributed by atoms with Crippen LogP contribution in [0.4, 0.5) is 19.3 Å². The molecule has 1 saturated heterocycles. The number of likely N-dealkylation sites (tertiary alicyclic amines) is 1. The smallest absolute Gasteiger partial charge is 0.325 e. The topological polar surface area (TPSA) is 85.5 Å². The molecule has 0 atom stereocenters. The van der Waals surface area contributed by atoms with Gasteiger partial charge in [-0.25, -0.2) is 4.79 Å². The average Bonchev–Trinajstić information content (AvgIpc) is 3.55. The number of urea groups is 1. The van der Waals surface area contributed by atoms with E-state index in [4.69, 9.17) is 34.8 Å². The number of H-pyrrole nitrogens is 1. The van der Waals surface area contributed by atoms with Gasteiger partial charge in [-0.05, 0) is 72.9 Å². The quantitative estimate of drug-likeness (QED) is 0.231. The highest BCUT2D eigenvalue weighted by molar-refractivity contribution is 7.99. The zero-order valence-corrected chi connectivity index (χ0v) is 24.4. The molecule has 0 spiro atoms. The van der Waals surface area contributed by atoms with Crippen molar-refractivity contribution in [3.05, 3.63) is 85.2 Å². The van der Waals surface area contributed by atoms with Crippen LogP contribution in [0.5, 0.6) is 0 Å². The second-order valence-corrected chi connectivity index (χ2v) is 11.7. The van der Waals surface area contributed by atoms with Crippen LogP contribution in [0.2, 0.25) is 10.0 Å². The van der Waals surface area contributed by atoms with Gasteiger partial charge in [0.05, 0.1) is 15.6 Å². The van der Waals surface area contributed by atoms with E-state index in [1.807, 2.05) is 16.0 Å². The summed E-state index contributed by atoms with van der Waals surface area (Å²) in [6, 6.07) is 11.9. The number of benzene rings is 2. The van der Waals surface area contributed by atoms with Crippen LogP contribution < -0.4 is 10.9 Å². The van der Waals surface area contributed by atoms with E-state index in [0.29, 0.717) is 4.90 Å². The lowest BCUT2D eigenvalue weighted by Gasteiger charge is -2.16. The summed E-state index contributed by atoms with van der Waals surface area (Å²) in [6.07, 6.45) is 2.52. The van der Waals surface area contributed by atoms with Crippen molar-refractivity contribution in [2.24, 2.45) is 0 Å². The molecule has 40 heavy (non-hydrogen) atoms. The maximum absolute atomic E-state index is 13.2. The van der Waals surface area contributed by atoms with Crippen LogP contribution in [0.15, 0.2) is 57.1 Å². The molecule has 0 saturated carbocycles. The maximum Gasteiger partial charge on any atom is 0.362 e. The molecule has 0 aliphatic carbocycles. The van der Waals surface area contributed by atoms with E-state index in [2.05, 4.69) is 29.4 Å². The molecule has 5 rings (SSSR count). The first kappa shape index (κ1) is 30.3. The Hall–Kier alpha value is -2.63. The van der Waals surface area contributed by atoms with Gasteiger partial charge >= 0.3 is 11.4 Å². The molecule has 7 nitrogen and oxygen atoms in total. The van der Waals surface area contributed by atoms with Crippen molar-refractivity contribution in [1.29, 1.82) is 0 Å². The first-order chi connectivity index (χ1) is 19.0. The molecule has 1 aromatic heterocycles. The molecule has 212 valence electrons. The van der Waals surface area contributed by atoms with Crippen molar-refractivity contribution in [3.63, 3.8) is 0 Å². The number of rotatable bonds is 5. The lowest BCUT2D eigenvalue weighted by atomic mass is 10.1. The minimum atomic E-state index is -3.78. The maximum atomic E-state index is 13.2. The van der Waals surface area contributed by atoms with Gasteiger partial charge in [0, 0.05) is 41.7 Å². The Morgan fingerprint density at radius 2 is 1.73 bits per heavy atom. The van der Waals surface area contributed by atoms with Crippen molar-refractivity contribution in [2.75, 3.05) is 25.5 Å². The summed E-state index contributed by atoms with van der Waals surface area (Å²) < 4.78 is 26.4. The van der Waals surface area contributed by atoms with Crippen LogP contribution in [-0.4, -0.2) is 47.2 Å². The van der Waals surface area contributed by atoms with Gasteiger partial charge in [0.25, 0.3) is 5.56 Å². The highest BCUT2D eigenvalue weighted by Gasteiger charge is 2.31. The number of anilines is 1. The van der Waals surface area contributed by atoms with E-state index >= 15 is 0 Å². The Bertz CT molecular complexity index is 1460. The van der Waals surface area contributed by atoms with Gasteiger partial charge in [0.1, 0.15) is 5.69 Å². The number of nitrogens with one attached hydrogen (secondary N) is 2. The number of carbonyl (C=O) groups excluding carboxylic acids is 2. The second kappa shape index (κ2) is 12.9. The van der Waals surface area contributed by atoms with Crippen LogP contribution in [-0.2, 0) is 18.5 Å². The molecule has 2 aromatic carbocycles. The van der Waals surface area contributed by atoms with Gasteiger partial charge in [0.2, 0.25) is 0 Å². The van der Waals surface area contributed by atoms with Crippen LogP contribution in [0.1, 0.15) is 40.0 Å². The van der Waals surface area contributed by atoms with E-state index in [1.54, 1.807) is 18.2 Å². The van der Waals surface area contributed by atoms with Crippen LogP contribution in [0.25, 0.3) is 0 Å². The summed E-state index contributed by atoms with van der Waals surface area (Å²) in [6.45, 7) is 3.76. The fraction of sp³-hybridized carbons (Fsp3) is 0.296. The van der Waals surface area contributed by atoms with E-state index in [1.165, 1.54) is 11.1 Å². The Labute approximate surface area is 248 Å². The molecular formula is C27H25Cl3F2N4O3S. The largest absolute Gasteiger partial charge is 0.362 e. The molecule has 3 aromatic rings. The SMILES string of the molecule is CN1Cc2ccc(NC(=O)N3CCCC3)cc2C1.O=Cc1c(Sc2c(Cl)cccc2Cl)cc(C(F)(F)Cl)[nH]c1=O.